The lowest BCUT2D eigenvalue weighted by molar-refractivity contribution is 0.283. The lowest BCUT2D eigenvalue weighted by Gasteiger charge is -2.39. The first-order valence-electron chi connectivity index (χ1n) is 6.56. The summed E-state index contributed by atoms with van der Waals surface area (Å²) in [7, 11) is 1.91. The Labute approximate surface area is 114 Å². The lowest BCUT2D eigenvalue weighted by atomic mass is 9.91. The van der Waals surface area contributed by atoms with Crippen molar-refractivity contribution in [1.29, 1.82) is 0 Å². The van der Waals surface area contributed by atoms with Crippen molar-refractivity contribution < 1.29 is 5.11 Å². The highest BCUT2D eigenvalue weighted by molar-refractivity contribution is 6.31. The van der Waals surface area contributed by atoms with Gasteiger partial charge in [-0.25, -0.2) is 0 Å². The minimum atomic E-state index is 0.187. The molecule has 0 spiro atoms. The molecule has 0 aliphatic heterocycles. The molecule has 4 heteroatoms. The summed E-state index contributed by atoms with van der Waals surface area (Å²) < 4.78 is 0. The van der Waals surface area contributed by atoms with E-state index in [2.05, 4.69) is 22.3 Å². The summed E-state index contributed by atoms with van der Waals surface area (Å²) in [6.07, 6.45) is 3.73. The van der Waals surface area contributed by atoms with Gasteiger partial charge in [-0.15, -0.1) is 0 Å². The summed E-state index contributed by atoms with van der Waals surface area (Å²) in [6.45, 7) is 1.65. The first kappa shape index (κ1) is 13.7. The van der Waals surface area contributed by atoms with Crippen molar-refractivity contribution in [3.8, 4) is 0 Å². The Bertz CT molecular complexity index is 393. The number of hydrogen-bond acceptors (Lipinski definition) is 3. The van der Waals surface area contributed by atoms with Crippen LogP contribution in [-0.4, -0.2) is 31.3 Å². The Morgan fingerprint density at radius 2 is 2.22 bits per heavy atom. The number of hydrogen-bond donors (Lipinski definition) is 2. The molecule has 2 N–H and O–H groups in total. The van der Waals surface area contributed by atoms with E-state index in [1.54, 1.807) is 0 Å². The fourth-order valence-corrected chi connectivity index (χ4v) is 2.62. The van der Waals surface area contributed by atoms with E-state index in [4.69, 9.17) is 11.6 Å². The van der Waals surface area contributed by atoms with E-state index < -0.39 is 0 Å². The molecular formula is C14H21ClN2O. The molecule has 1 fully saturated rings. The topological polar surface area (TPSA) is 35.5 Å². The minimum Gasteiger partial charge on any atom is -0.395 e. The fraction of sp³-hybridized carbons (Fsp3) is 0.571. The van der Waals surface area contributed by atoms with E-state index in [1.165, 1.54) is 19.3 Å². The van der Waals surface area contributed by atoms with Gasteiger partial charge >= 0.3 is 0 Å². The highest BCUT2D eigenvalue weighted by Crippen LogP contribution is 2.31. The third kappa shape index (κ3) is 2.97. The molecule has 1 aliphatic rings. The van der Waals surface area contributed by atoms with Crippen LogP contribution in [0.4, 0.5) is 5.69 Å². The van der Waals surface area contributed by atoms with Crippen LogP contribution in [0.25, 0.3) is 0 Å². The van der Waals surface area contributed by atoms with Gasteiger partial charge in [0.1, 0.15) is 0 Å². The number of aliphatic hydroxyl groups is 1. The highest BCUT2D eigenvalue weighted by atomic mass is 35.5. The van der Waals surface area contributed by atoms with Gasteiger partial charge in [0.25, 0.3) is 0 Å². The summed E-state index contributed by atoms with van der Waals surface area (Å²) in [4.78, 5) is 2.28. The number of nitrogens with zero attached hydrogens (tertiary/aromatic N) is 1. The van der Waals surface area contributed by atoms with Crippen LogP contribution in [-0.2, 0) is 6.54 Å². The van der Waals surface area contributed by atoms with Gasteiger partial charge in [-0.1, -0.05) is 17.7 Å². The smallest absolute Gasteiger partial charge is 0.0606 e. The molecule has 100 valence electrons. The van der Waals surface area contributed by atoms with Gasteiger partial charge in [-0.05, 0) is 44.0 Å². The zero-order valence-corrected chi connectivity index (χ0v) is 11.6. The average molecular weight is 269 g/mol. The van der Waals surface area contributed by atoms with E-state index >= 15 is 0 Å². The average Bonchev–Trinajstić information content (AvgIpc) is 2.29. The maximum absolute atomic E-state index is 9.19. The van der Waals surface area contributed by atoms with E-state index in [9.17, 15) is 5.11 Å². The lowest BCUT2D eigenvalue weighted by Crippen LogP contribution is -2.41. The largest absolute Gasteiger partial charge is 0.395 e. The van der Waals surface area contributed by atoms with Gasteiger partial charge in [-0.3, -0.25) is 0 Å². The standard InChI is InChI=1S/C14H21ClN2O/c1-16-10-11-5-6-13(9-14(11)15)17(7-8-18)12-3-2-4-12/h5-6,9,12,16,18H,2-4,7-8,10H2,1H3. The van der Waals surface area contributed by atoms with E-state index in [-0.39, 0.29) is 6.61 Å². The SMILES string of the molecule is CNCc1ccc(N(CCO)C2CCC2)cc1Cl. The number of benzene rings is 1. The van der Waals surface area contributed by atoms with Crippen LogP contribution in [0, 0.1) is 0 Å². The van der Waals surface area contributed by atoms with Crippen molar-refractivity contribution in [2.24, 2.45) is 0 Å². The summed E-state index contributed by atoms with van der Waals surface area (Å²) >= 11 is 6.29. The molecule has 1 aromatic rings. The normalized spacial score (nSPS) is 15.5. The third-order valence-electron chi connectivity index (χ3n) is 3.59. The molecule has 1 aliphatic carbocycles. The minimum absolute atomic E-state index is 0.187. The highest BCUT2D eigenvalue weighted by Gasteiger charge is 2.25. The molecule has 0 saturated heterocycles. The molecule has 0 aromatic heterocycles. The summed E-state index contributed by atoms with van der Waals surface area (Å²) in [5, 5.41) is 13.1. The number of aliphatic hydroxyl groups excluding tert-OH is 1. The number of anilines is 1. The molecule has 2 rings (SSSR count). The van der Waals surface area contributed by atoms with E-state index in [0.29, 0.717) is 12.6 Å². The molecule has 0 heterocycles. The zero-order chi connectivity index (χ0) is 13.0. The molecule has 0 bridgehead atoms. The zero-order valence-electron chi connectivity index (χ0n) is 10.8. The Morgan fingerprint density at radius 3 is 2.72 bits per heavy atom. The molecule has 0 radical (unpaired) electrons. The predicted molar refractivity (Wildman–Crippen MR) is 76.3 cm³/mol. The number of rotatable bonds is 6. The Hall–Kier alpha value is -0.770. The predicted octanol–water partition coefficient (Wildman–Crippen LogP) is 2.41. The Balaban J connectivity index is 2.16. The monoisotopic (exact) mass is 268 g/mol. The maximum atomic E-state index is 9.19. The van der Waals surface area contributed by atoms with Crippen LogP contribution in [0.3, 0.4) is 0 Å². The van der Waals surface area contributed by atoms with Crippen LogP contribution in [0.15, 0.2) is 18.2 Å². The third-order valence-corrected chi connectivity index (χ3v) is 3.94. The van der Waals surface area contributed by atoms with Gasteiger partial charge < -0.3 is 15.3 Å². The molecule has 1 saturated carbocycles. The van der Waals surface area contributed by atoms with Crippen molar-refractivity contribution in [3.05, 3.63) is 28.8 Å². The van der Waals surface area contributed by atoms with Crippen molar-refractivity contribution in [2.45, 2.75) is 31.8 Å². The molecule has 0 amide bonds. The van der Waals surface area contributed by atoms with E-state index in [1.807, 2.05) is 13.1 Å². The van der Waals surface area contributed by atoms with Gasteiger partial charge in [0.2, 0.25) is 0 Å². The number of halogens is 1. The number of nitrogens with one attached hydrogen (secondary N) is 1. The van der Waals surface area contributed by atoms with Gasteiger partial charge in [0.05, 0.1) is 6.61 Å². The quantitative estimate of drug-likeness (QED) is 0.832. The Morgan fingerprint density at radius 1 is 1.44 bits per heavy atom. The van der Waals surface area contributed by atoms with Gasteiger partial charge in [0.15, 0.2) is 0 Å². The van der Waals surface area contributed by atoms with Crippen molar-refractivity contribution in [1.82, 2.24) is 5.32 Å². The Kier molecular flexibility index (Phi) is 4.87. The second-order valence-electron chi connectivity index (χ2n) is 4.81. The summed E-state index contributed by atoms with van der Waals surface area (Å²) in [5.41, 5.74) is 2.24. The van der Waals surface area contributed by atoms with Crippen molar-refractivity contribution >= 4 is 17.3 Å². The summed E-state index contributed by atoms with van der Waals surface area (Å²) in [6, 6.07) is 6.76. The first-order valence-corrected chi connectivity index (χ1v) is 6.94. The van der Waals surface area contributed by atoms with Crippen LogP contribution < -0.4 is 10.2 Å². The molecule has 0 unspecified atom stereocenters. The van der Waals surface area contributed by atoms with Crippen LogP contribution >= 0.6 is 11.6 Å². The second kappa shape index (κ2) is 6.41. The molecule has 3 nitrogen and oxygen atoms in total. The van der Waals surface area contributed by atoms with Crippen molar-refractivity contribution in [3.63, 3.8) is 0 Å². The fourth-order valence-electron chi connectivity index (χ4n) is 2.38. The molecule has 1 aromatic carbocycles. The van der Waals surface area contributed by atoms with Crippen molar-refractivity contribution in [2.75, 3.05) is 25.1 Å². The molecule has 0 atom stereocenters. The van der Waals surface area contributed by atoms with Crippen LogP contribution in [0.5, 0.6) is 0 Å². The molecular weight excluding hydrogens is 248 g/mol. The molecule has 18 heavy (non-hydrogen) atoms. The summed E-state index contributed by atoms with van der Waals surface area (Å²) in [5.74, 6) is 0. The van der Waals surface area contributed by atoms with Crippen LogP contribution in [0.2, 0.25) is 5.02 Å². The van der Waals surface area contributed by atoms with Gasteiger partial charge in [0, 0.05) is 29.8 Å². The first-order chi connectivity index (χ1) is 8.76. The second-order valence-corrected chi connectivity index (χ2v) is 5.21. The van der Waals surface area contributed by atoms with Crippen LogP contribution in [0.1, 0.15) is 24.8 Å². The van der Waals surface area contributed by atoms with E-state index in [0.717, 1.165) is 22.8 Å². The maximum Gasteiger partial charge on any atom is 0.0606 e. The van der Waals surface area contributed by atoms with Gasteiger partial charge in [-0.2, -0.15) is 0 Å².